The molecule has 17 heteroatoms. The summed E-state index contributed by atoms with van der Waals surface area (Å²) in [7, 11) is 3.41. The largest absolute Gasteiger partial charge is 0.481 e. The average Bonchev–Trinajstić information content (AvgIpc) is 3.04. The molecule has 0 unspecified atom stereocenters. The van der Waals surface area contributed by atoms with Crippen molar-refractivity contribution in [2.45, 2.75) is 76.2 Å². The van der Waals surface area contributed by atoms with Crippen molar-refractivity contribution in [2.24, 2.45) is 0 Å². The van der Waals surface area contributed by atoms with Crippen molar-refractivity contribution in [3.63, 3.8) is 0 Å². The van der Waals surface area contributed by atoms with Gasteiger partial charge in [0.15, 0.2) is 0 Å². The van der Waals surface area contributed by atoms with Crippen LogP contribution in [0.15, 0.2) is 54.7 Å². The number of amides is 1. The van der Waals surface area contributed by atoms with Crippen LogP contribution in [0.2, 0.25) is 0 Å². The molecule has 0 aliphatic carbocycles. The predicted molar refractivity (Wildman–Crippen MR) is 169 cm³/mol. The summed E-state index contributed by atoms with van der Waals surface area (Å²) in [4.78, 5) is 32.9. The zero-order valence-corrected chi connectivity index (χ0v) is 27.7. The van der Waals surface area contributed by atoms with Gasteiger partial charge < -0.3 is 19.6 Å². The number of alkyl halides is 9. The molecule has 1 N–H and O–H groups in total. The molecule has 2 heterocycles. The molecule has 1 aliphatic rings. The molecule has 0 radical (unpaired) electrons. The Hall–Kier alpha value is -4.70. The number of ether oxygens (including phenoxy) is 1. The van der Waals surface area contributed by atoms with E-state index in [9.17, 15) is 49.1 Å². The van der Waals surface area contributed by atoms with Gasteiger partial charge in [0.1, 0.15) is 5.82 Å². The molecule has 0 saturated carbocycles. The third kappa shape index (κ3) is 9.55. The minimum Gasteiger partial charge on any atom is -0.481 e. The lowest BCUT2D eigenvalue weighted by Gasteiger charge is -2.44. The van der Waals surface area contributed by atoms with Gasteiger partial charge in [-0.15, -0.1) is 0 Å². The van der Waals surface area contributed by atoms with Gasteiger partial charge in [-0.2, -0.15) is 39.5 Å². The van der Waals surface area contributed by atoms with Gasteiger partial charge in [-0.1, -0.05) is 6.92 Å². The molecule has 0 bridgehead atoms. The number of unbranched alkanes of at least 4 members (excludes halogenated alkanes) is 1. The number of rotatable bonds is 11. The van der Waals surface area contributed by atoms with Crippen LogP contribution in [0, 0.1) is 0 Å². The van der Waals surface area contributed by atoms with Crippen molar-refractivity contribution in [1.29, 1.82) is 0 Å². The number of benzene rings is 2. The number of hydrogen-bond donors (Lipinski definition) is 1. The smallest absolute Gasteiger partial charge is 0.416 e. The lowest BCUT2D eigenvalue weighted by molar-refractivity contribution is -0.143. The number of carbonyl (C=O) groups excluding carboxylic acids is 1. The first-order valence-electron chi connectivity index (χ1n) is 15.8. The summed E-state index contributed by atoms with van der Waals surface area (Å²) in [5.41, 5.74) is -4.15. The van der Waals surface area contributed by atoms with Gasteiger partial charge in [0, 0.05) is 33.1 Å². The highest BCUT2D eigenvalue weighted by molar-refractivity contribution is 5.90. The maximum absolute atomic E-state index is 14.1. The summed E-state index contributed by atoms with van der Waals surface area (Å²) in [6.07, 6.45) is -14.3. The molecule has 51 heavy (non-hydrogen) atoms. The molecule has 0 fully saturated rings. The average molecular weight is 735 g/mol. The second-order valence-corrected chi connectivity index (χ2v) is 12.2. The van der Waals surface area contributed by atoms with Gasteiger partial charge in [0.05, 0.1) is 46.9 Å². The van der Waals surface area contributed by atoms with E-state index in [0.717, 1.165) is 18.2 Å². The summed E-state index contributed by atoms with van der Waals surface area (Å²) in [6, 6.07) is 4.90. The Kier molecular flexibility index (Phi) is 11.7. The Morgan fingerprint density at radius 1 is 0.882 bits per heavy atom. The van der Waals surface area contributed by atoms with Crippen LogP contribution in [0.5, 0.6) is 0 Å². The summed E-state index contributed by atoms with van der Waals surface area (Å²) < 4.78 is 131. The first-order chi connectivity index (χ1) is 23.7. The van der Waals surface area contributed by atoms with Crippen molar-refractivity contribution in [1.82, 2.24) is 4.98 Å². The minimum atomic E-state index is -5.15. The lowest BCUT2D eigenvalue weighted by atomic mass is 9.87. The van der Waals surface area contributed by atoms with Gasteiger partial charge in [0.25, 0.3) is 0 Å². The predicted octanol–water partition coefficient (Wildman–Crippen LogP) is 9.33. The molecule has 2 aromatic carbocycles. The van der Waals surface area contributed by atoms with E-state index in [0.29, 0.717) is 17.8 Å². The maximum Gasteiger partial charge on any atom is 0.416 e. The number of aliphatic carboxylic acids is 1. The number of nitrogens with zero attached hydrogens (tertiary/aromatic N) is 4. The molecule has 3 aromatic rings. The van der Waals surface area contributed by atoms with Crippen molar-refractivity contribution in [3.8, 4) is 0 Å². The van der Waals surface area contributed by atoms with E-state index in [4.69, 9.17) is 9.84 Å². The molecular weight excluding hydrogens is 699 g/mol. The van der Waals surface area contributed by atoms with Gasteiger partial charge in [-0.25, -0.2) is 9.78 Å². The van der Waals surface area contributed by atoms with E-state index in [1.165, 1.54) is 22.1 Å². The lowest BCUT2D eigenvalue weighted by Crippen LogP contribution is -2.48. The number of aromatic nitrogens is 1. The number of pyridine rings is 1. The van der Waals surface area contributed by atoms with Crippen LogP contribution in [-0.2, 0) is 34.6 Å². The Labute approximate surface area is 287 Å². The molecule has 8 nitrogen and oxygen atoms in total. The Balaban J connectivity index is 1.88. The molecule has 0 spiro atoms. The van der Waals surface area contributed by atoms with E-state index in [2.05, 4.69) is 4.98 Å². The van der Waals surface area contributed by atoms with Crippen LogP contribution >= 0.6 is 0 Å². The van der Waals surface area contributed by atoms with E-state index < -0.39 is 71.5 Å². The summed E-state index contributed by atoms with van der Waals surface area (Å²) in [5.74, 6) is -0.997. The highest BCUT2D eigenvalue weighted by Gasteiger charge is 2.42. The quantitative estimate of drug-likeness (QED) is 0.155. The first-order valence-corrected chi connectivity index (χ1v) is 15.8. The van der Waals surface area contributed by atoms with E-state index >= 15 is 0 Å². The molecular formula is C34H35F9N4O4. The number of halogens is 9. The zero-order valence-electron chi connectivity index (χ0n) is 27.7. The van der Waals surface area contributed by atoms with Crippen molar-refractivity contribution < 1.29 is 58.9 Å². The van der Waals surface area contributed by atoms with Crippen LogP contribution in [0.25, 0.3) is 0 Å². The summed E-state index contributed by atoms with van der Waals surface area (Å²) in [6.45, 7) is 0.886. The number of carbonyl (C=O) groups is 2. The molecule has 1 amide bonds. The third-order valence-corrected chi connectivity index (χ3v) is 8.43. The molecule has 1 aromatic heterocycles. The number of fused-ring (bicyclic) bond motifs is 1. The van der Waals surface area contributed by atoms with Crippen LogP contribution in [0.3, 0.4) is 0 Å². The van der Waals surface area contributed by atoms with Crippen LogP contribution in [0.4, 0.5) is 61.5 Å². The fourth-order valence-corrected chi connectivity index (χ4v) is 5.87. The standard InChI is InChI=1S/C34H35F9N4O4/c1-4-24-17-28(26-16-21(32(35,36)37)8-10-27(26)47(24)31(50)51-12-6-5-7-30(48)49)46(29-11-9-25(18-44-29)45(2)3)19-20-13-22(33(38,39)40)15-23(14-20)34(41,42)43/h8-11,13-16,18,24,28H,4-7,12,17,19H2,1-3H3,(H,48,49)/t24-,28+/m1/s1. The Morgan fingerprint density at radius 3 is 2.02 bits per heavy atom. The topological polar surface area (TPSA) is 86.2 Å². The van der Waals surface area contributed by atoms with Crippen LogP contribution in [-0.4, -0.2) is 48.9 Å². The first kappa shape index (κ1) is 39.1. The fraction of sp³-hybridized carbons (Fsp3) is 0.441. The highest BCUT2D eigenvalue weighted by Crippen LogP contribution is 2.46. The number of hydrogen-bond acceptors (Lipinski definition) is 6. The van der Waals surface area contributed by atoms with Gasteiger partial charge >= 0.3 is 30.6 Å². The van der Waals surface area contributed by atoms with Crippen LogP contribution in [0.1, 0.15) is 72.9 Å². The van der Waals surface area contributed by atoms with Crippen molar-refractivity contribution in [3.05, 3.63) is 82.5 Å². The molecule has 4 rings (SSSR count). The third-order valence-electron chi connectivity index (χ3n) is 8.43. The second kappa shape index (κ2) is 15.3. The van der Waals surface area contributed by atoms with Crippen LogP contribution < -0.4 is 14.7 Å². The number of anilines is 3. The maximum atomic E-state index is 14.1. The van der Waals surface area contributed by atoms with Crippen molar-refractivity contribution in [2.75, 3.05) is 35.4 Å². The summed E-state index contributed by atoms with van der Waals surface area (Å²) in [5, 5.41) is 8.86. The summed E-state index contributed by atoms with van der Waals surface area (Å²) >= 11 is 0. The molecule has 278 valence electrons. The minimum absolute atomic E-state index is 0.00318. The Morgan fingerprint density at radius 2 is 1.51 bits per heavy atom. The van der Waals surface area contributed by atoms with E-state index in [-0.39, 0.29) is 61.8 Å². The van der Waals surface area contributed by atoms with E-state index in [1.807, 2.05) is 0 Å². The van der Waals surface area contributed by atoms with E-state index in [1.54, 1.807) is 32.0 Å². The number of carboxylic acid groups (broad SMARTS) is 1. The molecule has 0 saturated heterocycles. The Bertz CT molecular complexity index is 1660. The second-order valence-electron chi connectivity index (χ2n) is 12.2. The monoisotopic (exact) mass is 734 g/mol. The zero-order chi connectivity index (χ0) is 37.9. The van der Waals surface area contributed by atoms with Gasteiger partial charge in [-0.3, -0.25) is 9.69 Å². The fourth-order valence-electron chi connectivity index (χ4n) is 5.87. The van der Waals surface area contributed by atoms with Gasteiger partial charge in [-0.05, 0) is 85.3 Å². The molecule has 1 aliphatic heterocycles. The highest BCUT2D eigenvalue weighted by atomic mass is 19.4. The van der Waals surface area contributed by atoms with Crippen molar-refractivity contribution >= 4 is 29.3 Å². The molecule has 2 atom stereocenters. The SMILES string of the molecule is CC[C@@H]1C[C@H](N(Cc2cc(C(F)(F)F)cc(C(F)(F)F)c2)c2ccc(N(C)C)cn2)c2cc(C(F)(F)F)ccc2N1C(=O)OCCCCC(=O)O. The van der Waals surface area contributed by atoms with Gasteiger partial charge in [0.2, 0.25) is 0 Å². The normalized spacial score (nSPS) is 16.4. The number of carboxylic acids is 1.